The number of hydrogen-bond acceptors (Lipinski definition) is 2. The number of aliphatic carboxylic acids is 1. The van der Waals surface area contributed by atoms with Crippen LogP contribution in [0.3, 0.4) is 0 Å². The van der Waals surface area contributed by atoms with Crippen LogP contribution in [-0.4, -0.2) is 18.2 Å². The maximum Gasteiger partial charge on any atom is 0.337 e. The summed E-state index contributed by atoms with van der Waals surface area (Å²) in [6, 6.07) is 17.6. The van der Waals surface area contributed by atoms with Gasteiger partial charge in [0.1, 0.15) is 0 Å². The molecule has 3 heteroatoms. The minimum absolute atomic E-state index is 0.716. The van der Waals surface area contributed by atoms with Crippen molar-refractivity contribution in [2.24, 2.45) is 0 Å². The first-order chi connectivity index (χ1) is 9.72. The first kappa shape index (κ1) is 12.6. The van der Waals surface area contributed by atoms with Gasteiger partial charge in [0.25, 0.3) is 0 Å². The van der Waals surface area contributed by atoms with Gasteiger partial charge in [-0.05, 0) is 27.6 Å². The summed E-state index contributed by atoms with van der Waals surface area (Å²) in [6.07, 6.45) is -0.967. The van der Waals surface area contributed by atoms with Gasteiger partial charge in [-0.2, -0.15) is 0 Å². The molecule has 3 aromatic carbocycles. The predicted octanol–water partition coefficient (Wildman–Crippen LogP) is 3.77. The van der Waals surface area contributed by atoms with E-state index < -0.39 is 12.1 Å². The minimum Gasteiger partial charge on any atom is -0.479 e. The van der Waals surface area contributed by atoms with Crippen LogP contribution in [0.15, 0.2) is 54.6 Å². The van der Waals surface area contributed by atoms with E-state index >= 15 is 0 Å². The van der Waals surface area contributed by atoms with Crippen molar-refractivity contribution in [1.82, 2.24) is 0 Å². The molecule has 100 valence electrons. The van der Waals surface area contributed by atoms with Gasteiger partial charge in [0, 0.05) is 12.7 Å². The SMILES string of the molecule is CO[C@@H](C(=O)O)c1c2ccccc2cc2ccccc12. The highest BCUT2D eigenvalue weighted by atomic mass is 16.5. The van der Waals surface area contributed by atoms with E-state index in [9.17, 15) is 9.90 Å². The number of methoxy groups -OCH3 is 1. The van der Waals surface area contributed by atoms with E-state index in [-0.39, 0.29) is 0 Å². The molecule has 3 aromatic rings. The first-order valence-corrected chi connectivity index (χ1v) is 6.38. The number of hydrogen-bond donors (Lipinski definition) is 1. The van der Waals surface area contributed by atoms with Gasteiger partial charge in [-0.3, -0.25) is 0 Å². The van der Waals surface area contributed by atoms with Crippen molar-refractivity contribution < 1.29 is 14.6 Å². The van der Waals surface area contributed by atoms with Gasteiger partial charge in [0.2, 0.25) is 0 Å². The van der Waals surface area contributed by atoms with E-state index in [0.29, 0.717) is 5.56 Å². The number of carboxylic acids is 1. The standard InChI is InChI=1S/C17H14O3/c1-20-16(17(18)19)15-13-8-4-2-6-11(13)10-12-7-3-5-9-14(12)15/h2-10,16H,1H3,(H,18,19)/t16-/m1/s1. The molecule has 0 fully saturated rings. The lowest BCUT2D eigenvalue weighted by Gasteiger charge is -2.17. The zero-order chi connectivity index (χ0) is 14.1. The molecule has 0 unspecified atom stereocenters. The summed E-state index contributed by atoms with van der Waals surface area (Å²) in [5.74, 6) is -0.978. The fraction of sp³-hybridized carbons (Fsp3) is 0.118. The van der Waals surface area contributed by atoms with E-state index in [1.807, 2.05) is 48.5 Å². The fourth-order valence-corrected chi connectivity index (χ4v) is 2.67. The minimum atomic E-state index is -0.978. The van der Waals surface area contributed by atoms with Crippen LogP contribution in [0.5, 0.6) is 0 Å². The van der Waals surface area contributed by atoms with Crippen molar-refractivity contribution in [1.29, 1.82) is 0 Å². The van der Waals surface area contributed by atoms with Crippen molar-refractivity contribution in [2.45, 2.75) is 6.10 Å². The van der Waals surface area contributed by atoms with E-state index in [4.69, 9.17) is 4.74 Å². The van der Waals surface area contributed by atoms with E-state index in [1.165, 1.54) is 7.11 Å². The third kappa shape index (κ3) is 1.92. The van der Waals surface area contributed by atoms with Crippen LogP contribution >= 0.6 is 0 Å². The Bertz CT molecular complexity index is 738. The predicted molar refractivity (Wildman–Crippen MR) is 78.8 cm³/mol. The Balaban J connectivity index is 2.47. The summed E-state index contributed by atoms with van der Waals surface area (Å²) < 4.78 is 5.21. The average molecular weight is 266 g/mol. The van der Waals surface area contributed by atoms with Crippen LogP contribution in [-0.2, 0) is 9.53 Å². The Morgan fingerprint density at radius 2 is 1.50 bits per heavy atom. The molecule has 20 heavy (non-hydrogen) atoms. The third-order valence-electron chi connectivity index (χ3n) is 3.54. The Morgan fingerprint density at radius 1 is 1.00 bits per heavy atom. The second-order valence-corrected chi connectivity index (χ2v) is 4.69. The molecule has 3 rings (SSSR count). The zero-order valence-electron chi connectivity index (χ0n) is 11.0. The maximum absolute atomic E-state index is 11.5. The lowest BCUT2D eigenvalue weighted by atomic mass is 9.93. The lowest BCUT2D eigenvalue weighted by Crippen LogP contribution is -2.14. The van der Waals surface area contributed by atoms with Gasteiger partial charge in [0.15, 0.2) is 6.10 Å². The molecule has 0 aliphatic carbocycles. The quantitative estimate of drug-likeness (QED) is 0.734. The molecule has 0 radical (unpaired) electrons. The molecular formula is C17H14O3. The van der Waals surface area contributed by atoms with Crippen molar-refractivity contribution in [3.8, 4) is 0 Å². The monoisotopic (exact) mass is 266 g/mol. The molecule has 0 aromatic heterocycles. The van der Waals surface area contributed by atoms with Crippen molar-refractivity contribution in [2.75, 3.05) is 7.11 Å². The highest BCUT2D eigenvalue weighted by molar-refractivity contribution is 6.04. The molecule has 1 N–H and O–H groups in total. The summed E-state index contributed by atoms with van der Waals surface area (Å²) in [5.41, 5.74) is 0.716. The van der Waals surface area contributed by atoms with Gasteiger partial charge in [-0.25, -0.2) is 4.79 Å². The summed E-state index contributed by atoms with van der Waals surface area (Å²) in [7, 11) is 1.43. The smallest absolute Gasteiger partial charge is 0.337 e. The molecule has 0 saturated heterocycles. The number of carboxylic acid groups (broad SMARTS) is 1. The Hall–Kier alpha value is -2.39. The van der Waals surface area contributed by atoms with Crippen molar-refractivity contribution in [3.63, 3.8) is 0 Å². The average Bonchev–Trinajstić information content (AvgIpc) is 2.47. The van der Waals surface area contributed by atoms with Crippen LogP contribution < -0.4 is 0 Å². The third-order valence-corrected chi connectivity index (χ3v) is 3.54. The largest absolute Gasteiger partial charge is 0.479 e. The van der Waals surface area contributed by atoms with Crippen LogP contribution in [0.1, 0.15) is 11.7 Å². The summed E-state index contributed by atoms with van der Waals surface area (Å²) in [4.78, 5) is 11.5. The number of fused-ring (bicyclic) bond motifs is 2. The molecule has 0 aliphatic heterocycles. The zero-order valence-corrected chi connectivity index (χ0v) is 11.0. The first-order valence-electron chi connectivity index (χ1n) is 6.38. The van der Waals surface area contributed by atoms with Crippen LogP contribution in [0.4, 0.5) is 0 Å². The Labute approximate surface area is 116 Å². The fourth-order valence-electron chi connectivity index (χ4n) is 2.67. The van der Waals surface area contributed by atoms with Crippen LogP contribution in [0.2, 0.25) is 0 Å². The van der Waals surface area contributed by atoms with E-state index in [2.05, 4.69) is 6.07 Å². The molecule has 0 aliphatic rings. The van der Waals surface area contributed by atoms with Crippen molar-refractivity contribution in [3.05, 3.63) is 60.2 Å². The second kappa shape index (κ2) is 4.94. The summed E-state index contributed by atoms with van der Waals surface area (Å²) in [6.45, 7) is 0. The molecule has 0 spiro atoms. The normalized spacial score (nSPS) is 12.7. The van der Waals surface area contributed by atoms with Gasteiger partial charge >= 0.3 is 5.97 Å². The van der Waals surface area contributed by atoms with Gasteiger partial charge < -0.3 is 9.84 Å². The molecule has 3 nitrogen and oxygen atoms in total. The second-order valence-electron chi connectivity index (χ2n) is 4.69. The number of ether oxygens (including phenoxy) is 1. The molecule has 1 atom stereocenters. The highest BCUT2D eigenvalue weighted by Gasteiger charge is 2.23. The molecule has 0 bridgehead atoms. The van der Waals surface area contributed by atoms with Crippen LogP contribution in [0, 0.1) is 0 Å². The highest BCUT2D eigenvalue weighted by Crippen LogP contribution is 2.34. The maximum atomic E-state index is 11.5. The van der Waals surface area contributed by atoms with Gasteiger partial charge in [0.05, 0.1) is 0 Å². The molecule has 0 saturated carbocycles. The topological polar surface area (TPSA) is 46.5 Å². The van der Waals surface area contributed by atoms with Gasteiger partial charge in [-0.1, -0.05) is 48.5 Å². The Morgan fingerprint density at radius 3 is 1.95 bits per heavy atom. The summed E-state index contributed by atoms with van der Waals surface area (Å²) in [5, 5.41) is 13.3. The number of carbonyl (C=O) groups is 1. The summed E-state index contributed by atoms with van der Waals surface area (Å²) >= 11 is 0. The Kier molecular flexibility index (Phi) is 3.12. The van der Waals surface area contributed by atoms with E-state index in [0.717, 1.165) is 21.5 Å². The van der Waals surface area contributed by atoms with Gasteiger partial charge in [-0.15, -0.1) is 0 Å². The number of rotatable bonds is 3. The number of benzene rings is 3. The van der Waals surface area contributed by atoms with Crippen LogP contribution in [0.25, 0.3) is 21.5 Å². The molecule has 0 amide bonds. The van der Waals surface area contributed by atoms with Crippen molar-refractivity contribution >= 4 is 27.5 Å². The lowest BCUT2D eigenvalue weighted by molar-refractivity contribution is -0.148. The molecular weight excluding hydrogens is 252 g/mol. The molecule has 0 heterocycles. The van der Waals surface area contributed by atoms with E-state index in [1.54, 1.807) is 0 Å².